The third-order valence-corrected chi connectivity index (χ3v) is 7.74. The molecule has 3 aliphatic heterocycles. The zero-order chi connectivity index (χ0) is 23.5. The topological polar surface area (TPSA) is 105 Å². The van der Waals surface area contributed by atoms with Crippen LogP contribution in [0.1, 0.15) is 72.6 Å². The summed E-state index contributed by atoms with van der Waals surface area (Å²) in [5.41, 5.74) is -1.83. The summed E-state index contributed by atoms with van der Waals surface area (Å²) in [5.74, 6) is -2.18. The van der Waals surface area contributed by atoms with Crippen LogP contribution in [0.15, 0.2) is 0 Å². The fourth-order valence-corrected chi connectivity index (χ4v) is 6.12. The minimum atomic E-state index is -1.01. The molecule has 3 aliphatic rings. The highest BCUT2D eigenvalue weighted by Gasteiger charge is 2.80. The second-order valence-corrected chi connectivity index (χ2v) is 9.77. The van der Waals surface area contributed by atoms with Crippen LogP contribution in [0.25, 0.3) is 0 Å². The lowest BCUT2D eigenvalue weighted by molar-refractivity contribution is -0.161. The summed E-state index contributed by atoms with van der Waals surface area (Å²) < 4.78 is 12.0. The number of carbonyl (C=O) groups excluding carboxylic acids is 3. The van der Waals surface area contributed by atoms with Crippen LogP contribution in [-0.2, 0) is 23.9 Å². The van der Waals surface area contributed by atoms with Gasteiger partial charge in [-0.15, -0.1) is 0 Å². The second kappa shape index (κ2) is 10.1. The van der Waals surface area contributed by atoms with E-state index in [2.05, 4.69) is 12.2 Å². The quantitative estimate of drug-likeness (QED) is 0.347. The number of aliphatic hydroxyl groups excluding tert-OH is 1. The highest BCUT2D eigenvalue weighted by atomic mass is 16.6. The number of unbranched alkanes of at least 4 members (excludes halogenated alkanes) is 4. The Balaban J connectivity index is 1.92. The lowest BCUT2D eigenvalue weighted by Gasteiger charge is -2.35. The first kappa shape index (κ1) is 25.0. The van der Waals surface area contributed by atoms with Crippen molar-refractivity contribution in [3.63, 3.8) is 0 Å². The SMILES string of the molecule is CCCCCNC(=O)C1N(CCCCCO)C(=O)[C@@H]2[C@H](C(=O)OCC)[C@@]3(C)OC12CC3C. The van der Waals surface area contributed by atoms with Gasteiger partial charge in [-0.25, -0.2) is 0 Å². The van der Waals surface area contributed by atoms with Crippen molar-refractivity contribution < 1.29 is 29.0 Å². The summed E-state index contributed by atoms with van der Waals surface area (Å²) in [7, 11) is 0. The number of nitrogens with zero attached hydrogens (tertiary/aromatic N) is 1. The minimum Gasteiger partial charge on any atom is -0.466 e. The molecule has 3 rings (SSSR count). The van der Waals surface area contributed by atoms with E-state index >= 15 is 0 Å². The summed E-state index contributed by atoms with van der Waals surface area (Å²) in [5, 5.41) is 12.1. The maximum atomic E-state index is 13.7. The predicted octanol–water partition coefficient (Wildman–Crippen LogP) is 2.03. The lowest BCUT2D eigenvalue weighted by atomic mass is 9.62. The van der Waals surface area contributed by atoms with Gasteiger partial charge in [0.05, 0.1) is 18.1 Å². The lowest BCUT2D eigenvalue weighted by Crippen LogP contribution is -2.55. The van der Waals surface area contributed by atoms with Crippen molar-refractivity contribution in [1.82, 2.24) is 10.2 Å². The molecule has 182 valence electrons. The molecule has 8 nitrogen and oxygen atoms in total. The average Bonchev–Trinajstić information content (AvgIpc) is 3.26. The summed E-state index contributed by atoms with van der Waals surface area (Å²) in [4.78, 5) is 41.8. The van der Waals surface area contributed by atoms with Gasteiger partial charge >= 0.3 is 5.97 Å². The summed E-state index contributed by atoms with van der Waals surface area (Å²) >= 11 is 0. The monoisotopic (exact) mass is 452 g/mol. The fraction of sp³-hybridized carbons (Fsp3) is 0.875. The molecule has 6 atom stereocenters. The van der Waals surface area contributed by atoms with E-state index in [1.807, 2.05) is 13.8 Å². The van der Waals surface area contributed by atoms with Crippen molar-refractivity contribution in [3.05, 3.63) is 0 Å². The number of amides is 2. The van der Waals surface area contributed by atoms with E-state index in [9.17, 15) is 14.4 Å². The van der Waals surface area contributed by atoms with Crippen LogP contribution in [0.2, 0.25) is 0 Å². The van der Waals surface area contributed by atoms with Gasteiger partial charge in [0.1, 0.15) is 17.6 Å². The van der Waals surface area contributed by atoms with E-state index in [-0.39, 0.29) is 30.9 Å². The zero-order valence-electron chi connectivity index (χ0n) is 20.0. The smallest absolute Gasteiger partial charge is 0.312 e. The van der Waals surface area contributed by atoms with Crippen molar-refractivity contribution in [1.29, 1.82) is 0 Å². The third-order valence-electron chi connectivity index (χ3n) is 7.74. The van der Waals surface area contributed by atoms with E-state index < -0.39 is 35.0 Å². The maximum Gasteiger partial charge on any atom is 0.312 e. The minimum absolute atomic E-state index is 0.0192. The van der Waals surface area contributed by atoms with Crippen LogP contribution >= 0.6 is 0 Å². The molecule has 0 aromatic rings. The number of fused-ring (bicyclic) bond motifs is 1. The molecule has 3 saturated heterocycles. The number of hydrogen-bond acceptors (Lipinski definition) is 6. The third kappa shape index (κ3) is 4.04. The van der Waals surface area contributed by atoms with Gasteiger partial charge in [-0.3, -0.25) is 14.4 Å². The molecule has 0 aliphatic carbocycles. The van der Waals surface area contributed by atoms with Crippen LogP contribution in [0.4, 0.5) is 0 Å². The number of likely N-dealkylation sites (tertiary alicyclic amines) is 1. The molecule has 0 radical (unpaired) electrons. The average molecular weight is 453 g/mol. The van der Waals surface area contributed by atoms with Gasteiger partial charge < -0.3 is 24.8 Å². The highest BCUT2D eigenvalue weighted by Crippen LogP contribution is 2.65. The molecule has 3 fully saturated rings. The Morgan fingerprint density at radius 2 is 1.97 bits per heavy atom. The van der Waals surface area contributed by atoms with Crippen molar-refractivity contribution in [2.24, 2.45) is 17.8 Å². The molecular weight excluding hydrogens is 412 g/mol. The van der Waals surface area contributed by atoms with Crippen LogP contribution in [0, 0.1) is 17.8 Å². The molecule has 8 heteroatoms. The van der Waals surface area contributed by atoms with E-state index in [0.717, 1.165) is 25.7 Å². The summed E-state index contributed by atoms with van der Waals surface area (Å²) in [6, 6.07) is -0.751. The Hall–Kier alpha value is -1.67. The summed E-state index contributed by atoms with van der Waals surface area (Å²) in [6.07, 6.45) is 5.64. The first-order chi connectivity index (χ1) is 15.3. The first-order valence-electron chi connectivity index (χ1n) is 12.3. The van der Waals surface area contributed by atoms with Gasteiger partial charge in [0.15, 0.2) is 0 Å². The fourth-order valence-electron chi connectivity index (χ4n) is 6.12. The molecule has 2 N–H and O–H groups in total. The number of hydrogen-bond donors (Lipinski definition) is 2. The molecule has 0 aromatic heterocycles. The molecule has 2 bridgehead atoms. The number of rotatable bonds is 12. The van der Waals surface area contributed by atoms with Crippen LogP contribution in [0.3, 0.4) is 0 Å². The number of carbonyl (C=O) groups is 3. The summed E-state index contributed by atoms with van der Waals surface area (Å²) in [6.45, 7) is 9.09. The largest absolute Gasteiger partial charge is 0.466 e. The number of aliphatic hydroxyl groups is 1. The molecule has 1 spiro atoms. The van der Waals surface area contributed by atoms with E-state index in [1.165, 1.54) is 0 Å². The number of nitrogens with one attached hydrogen (secondary N) is 1. The van der Waals surface area contributed by atoms with Crippen molar-refractivity contribution in [2.45, 2.75) is 89.9 Å². The number of esters is 1. The Morgan fingerprint density at radius 3 is 2.62 bits per heavy atom. The van der Waals surface area contributed by atoms with Crippen molar-refractivity contribution in [2.75, 3.05) is 26.3 Å². The Kier molecular flexibility index (Phi) is 7.86. The highest BCUT2D eigenvalue weighted by molar-refractivity contribution is 5.98. The van der Waals surface area contributed by atoms with Crippen LogP contribution in [-0.4, -0.2) is 71.3 Å². The van der Waals surface area contributed by atoms with Crippen LogP contribution in [0.5, 0.6) is 0 Å². The predicted molar refractivity (Wildman–Crippen MR) is 119 cm³/mol. The second-order valence-electron chi connectivity index (χ2n) is 9.77. The Labute approximate surface area is 191 Å². The van der Waals surface area contributed by atoms with E-state index in [0.29, 0.717) is 32.4 Å². The van der Waals surface area contributed by atoms with Crippen molar-refractivity contribution >= 4 is 17.8 Å². The Bertz CT molecular complexity index is 715. The molecule has 32 heavy (non-hydrogen) atoms. The molecular formula is C24H40N2O6. The zero-order valence-corrected chi connectivity index (χ0v) is 20.0. The molecule has 2 amide bonds. The Morgan fingerprint density at radius 1 is 1.22 bits per heavy atom. The van der Waals surface area contributed by atoms with Gasteiger partial charge in [-0.1, -0.05) is 26.7 Å². The van der Waals surface area contributed by atoms with Gasteiger partial charge in [0, 0.05) is 19.7 Å². The van der Waals surface area contributed by atoms with Gasteiger partial charge in [0.25, 0.3) is 0 Å². The molecule has 3 heterocycles. The first-order valence-corrected chi connectivity index (χ1v) is 12.3. The standard InChI is InChI=1S/C24H40N2O6/c1-5-7-9-12-25-20(28)19-24-15-16(3)23(4,32-24)18(22(30)31-6-2)17(24)21(29)26(19)13-10-8-11-14-27/h16-19,27H,5-15H2,1-4H3,(H,25,28)/t16?,17-,18+,19?,23-,24?/m0/s1. The normalized spacial score (nSPS) is 35.3. The number of ether oxygens (including phenoxy) is 2. The van der Waals surface area contributed by atoms with Gasteiger partial charge in [-0.05, 0) is 51.9 Å². The van der Waals surface area contributed by atoms with Crippen molar-refractivity contribution in [3.8, 4) is 0 Å². The van der Waals surface area contributed by atoms with Crippen LogP contribution < -0.4 is 5.32 Å². The van der Waals surface area contributed by atoms with Gasteiger partial charge in [-0.2, -0.15) is 0 Å². The van der Waals surface area contributed by atoms with Gasteiger partial charge in [0.2, 0.25) is 11.8 Å². The maximum absolute atomic E-state index is 13.7. The molecule has 3 unspecified atom stereocenters. The molecule has 0 aromatic carbocycles. The molecule has 0 saturated carbocycles. The van der Waals surface area contributed by atoms with E-state index in [4.69, 9.17) is 14.6 Å². The van der Waals surface area contributed by atoms with E-state index in [1.54, 1.807) is 11.8 Å².